The second-order valence-electron chi connectivity index (χ2n) is 5.17. The minimum atomic E-state index is -0.157. The number of hydrogen-bond donors (Lipinski definition) is 1. The van der Waals surface area contributed by atoms with Gasteiger partial charge in [-0.15, -0.1) is 5.10 Å². The Hall–Kier alpha value is -2.66. The summed E-state index contributed by atoms with van der Waals surface area (Å²) in [6, 6.07) is 15.8. The predicted molar refractivity (Wildman–Crippen MR) is 88.6 cm³/mol. The topological polar surface area (TPSA) is 60.2 Å². The number of aryl methyl sites for hydroxylation is 1. The van der Waals surface area contributed by atoms with E-state index in [0.29, 0.717) is 5.69 Å². The van der Waals surface area contributed by atoms with Crippen molar-refractivity contribution < 1.29 is 9.84 Å². The Morgan fingerprint density at radius 2 is 1.83 bits per heavy atom. The first kappa shape index (κ1) is 15.2. The van der Waals surface area contributed by atoms with Crippen LogP contribution in [0.15, 0.2) is 48.5 Å². The predicted octanol–water partition coefficient (Wildman–Crippen LogP) is 3.00. The molecule has 3 rings (SSSR count). The van der Waals surface area contributed by atoms with Gasteiger partial charge in [-0.25, -0.2) is 4.68 Å². The van der Waals surface area contributed by atoms with Crippen molar-refractivity contribution >= 4 is 0 Å². The number of rotatable bonds is 5. The molecule has 5 nitrogen and oxygen atoms in total. The van der Waals surface area contributed by atoms with Crippen LogP contribution in [0.5, 0.6) is 5.75 Å². The quantitative estimate of drug-likeness (QED) is 0.787. The third-order valence-electron chi connectivity index (χ3n) is 3.85. The van der Waals surface area contributed by atoms with Crippen LogP contribution in [0.3, 0.4) is 0 Å². The van der Waals surface area contributed by atoms with Crippen molar-refractivity contribution in [2.45, 2.75) is 20.0 Å². The summed E-state index contributed by atoms with van der Waals surface area (Å²) in [6.07, 6.45) is 0.895. The Morgan fingerprint density at radius 3 is 2.48 bits per heavy atom. The third kappa shape index (κ3) is 2.83. The molecule has 5 heteroatoms. The van der Waals surface area contributed by atoms with Gasteiger partial charge >= 0.3 is 0 Å². The first-order valence-electron chi connectivity index (χ1n) is 7.56. The maximum atomic E-state index is 9.63. The molecule has 0 amide bonds. The molecule has 0 aliphatic rings. The molecule has 118 valence electrons. The lowest BCUT2D eigenvalue weighted by Crippen LogP contribution is -2.03. The summed E-state index contributed by atoms with van der Waals surface area (Å²) >= 11 is 0. The van der Waals surface area contributed by atoms with Crippen LogP contribution in [0.1, 0.15) is 18.2 Å². The van der Waals surface area contributed by atoms with E-state index < -0.39 is 0 Å². The van der Waals surface area contributed by atoms with Gasteiger partial charge in [0.25, 0.3) is 0 Å². The van der Waals surface area contributed by atoms with Gasteiger partial charge in [0.05, 0.1) is 19.4 Å². The molecule has 0 saturated carbocycles. The van der Waals surface area contributed by atoms with E-state index in [2.05, 4.69) is 23.3 Å². The normalized spacial score (nSPS) is 10.7. The largest absolute Gasteiger partial charge is 0.497 e. The zero-order valence-electron chi connectivity index (χ0n) is 13.2. The summed E-state index contributed by atoms with van der Waals surface area (Å²) in [6.45, 7) is 1.95. The van der Waals surface area contributed by atoms with Gasteiger partial charge in [-0.3, -0.25) is 0 Å². The van der Waals surface area contributed by atoms with Gasteiger partial charge in [-0.05, 0) is 42.3 Å². The smallest absolute Gasteiger partial charge is 0.118 e. The van der Waals surface area contributed by atoms with E-state index in [-0.39, 0.29) is 6.61 Å². The molecule has 0 aliphatic carbocycles. The molecule has 0 unspecified atom stereocenters. The highest BCUT2D eigenvalue weighted by molar-refractivity contribution is 5.65. The molecule has 0 radical (unpaired) electrons. The molecule has 1 heterocycles. The minimum absolute atomic E-state index is 0.157. The highest BCUT2D eigenvalue weighted by Crippen LogP contribution is 2.28. The molecule has 0 atom stereocenters. The average Bonchev–Trinajstić information content (AvgIpc) is 3.05. The fourth-order valence-electron chi connectivity index (χ4n) is 2.64. The van der Waals surface area contributed by atoms with Gasteiger partial charge < -0.3 is 9.84 Å². The molecule has 2 aromatic carbocycles. The Bertz CT molecular complexity index is 794. The van der Waals surface area contributed by atoms with Crippen LogP contribution in [-0.4, -0.2) is 27.2 Å². The highest BCUT2D eigenvalue weighted by atomic mass is 16.5. The number of aromatic nitrogens is 3. The summed E-state index contributed by atoms with van der Waals surface area (Å²) in [7, 11) is 1.64. The molecule has 0 aliphatic heterocycles. The molecule has 0 spiro atoms. The van der Waals surface area contributed by atoms with Crippen LogP contribution >= 0.6 is 0 Å². The Balaban J connectivity index is 2.17. The third-order valence-corrected chi connectivity index (χ3v) is 3.85. The highest BCUT2D eigenvalue weighted by Gasteiger charge is 2.17. The molecular weight excluding hydrogens is 290 g/mol. The number of para-hydroxylation sites is 1. The standard InChI is InChI=1S/C18H19N3O2/c1-3-13-6-4-5-7-17(13)21-18(16(12-22)19-20-21)14-8-10-15(23-2)11-9-14/h4-11,22H,3,12H2,1-2H3. The summed E-state index contributed by atoms with van der Waals surface area (Å²) in [5.74, 6) is 0.785. The zero-order chi connectivity index (χ0) is 16.2. The van der Waals surface area contributed by atoms with E-state index in [4.69, 9.17) is 4.74 Å². The van der Waals surface area contributed by atoms with E-state index in [1.165, 1.54) is 5.56 Å². The van der Waals surface area contributed by atoms with Gasteiger partial charge in [0, 0.05) is 5.56 Å². The molecule has 1 N–H and O–H groups in total. The van der Waals surface area contributed by atoms with E-state index in [1.807, 2.05) is 42.5 Å². The first-order chi connectivity index (χ1) is 11.3. The maximum absolute atomic E-state index is 9.63. The van der Waals surface area contributed by atoms with Crippen LogP contribution in [0, 0.1) is 0 Å². The molecule has 0 bridgehead atoms. The number of nitrogens with zero attached hydrogens (tertiary/aromatic N) is 3. The second-order valence-corrected chi connectivity index (χ2v) is 5.17. The second kappa shape index (κ2) is 6.62. The average molecular weight is 309 g/mol. The fourth-order valence-corrected chi connectivity index (χ4v) is 2.64. The lowest BCUT2D eigenvalue weighted by Gasteiger charge is -2.12. The van der Waals surface area contributed by atoms with Crippen LogP contribution < -0.4 is 4.74 Å². The van der Waals surface area contributed by atoms with Crippen molar-refractivity contribution in [1.29, 1.82) is 0 Å². The van der Waals surface area contributed by atoms with Crippen molar-refractivity contribution in [2.24, 2.45) is 0 Å². The Kier molecular flexibility index (Phi) is 4.39. The van der Waals surface area contributed by atoms with Crippen molar-refractivity contribution in [3.05, 3.63) is 59.8 Å². The first-order valence-corrected chi connectivity index (χ1v) is 7.56. The van der Waals surface area contributed by atoms with Crippen molar-refractivity contribution in [2.75, 3.05) is 7.11 Å². The number of ether oxygens (including phenoxy) is 1. The van der Waals surface area contributed by atoms with Crippen molar-refractivity contribution in [1.82, 2.24) is 15.0 Å². The Morgan fingerprint density at radius 1 is 1.09 bits per heavy atom. The van der Waals surface area contributed by atoms with Gasteiger partial charge in [0.15, 0.2) is 0 Å². The maximum Gasteiger partial charge on any atom is 0.118 e. The van der Waals surface area contributed by atoms with Crippen LogP contribution in [0.2, 0.25) is 0 Å². The molecule has 1 aromatic heterocycles. The minimum Gasteiger partial charge on any atom is -0.497 e. The summed E-state index contributed by atoms with van der Waals surface area (Å²) in [4.78, 5) is 0. The number of benzene rings is 2. The van der Waals surface area contributed by atoms with Gasteiger partial charge in [-0.1, -0.05) is 30.3 Å². The summed E-state index contributed by atoms with van der Waals surface area (Å²) in [5, 5.41) is 18.0. The monoisotopic (exact) mass is 309 g/mol. The fraction of sp³-hybridized carbons (Fsp3) is 0.222. The molecule has 3 aromatic rings. The van der Waals surface area contributed by atoms with Gasteiger partial charge in [-0.2, -0.15) is 0 Å². The van der Waals surface area contributed by atoms with Crippen LogP contribution in [0.25, 0.3) is 16.9 Å². The van der Waals surface area contributed by atoms with Crippen LogP contribution in [0.4, 0.5) is 0 Å². The van der Waals surface area contributed by atoms with E-state index in [9.17, 15) is 5.11 Å². The number of aliphatic hydroxyl groups excluding tert-OH is 1. The lowest BCUT2D eigenvalue weighted by molar-refractivity contribution is 0.277. The number of methoxy groups -OCH3 is 1. The van der Waals surface area contributed by atoms with E-state index in [0.717, 1.165) is 29.1 Å². The SMILES string of the molecule is CCc1ccccc1-n1nnc(CO)c1-c1ccc(OC)cc1. The van der Waals surface area contributed by atoms with E-state index >= 15 is 0 Å². The summed E-state index contributed by atoms with van der Waals surface area (Å²) in [5.41, 5.74) is 4.45. The molecule has 0 saturated heterocycles. The molecule has 23 heavy (non-hydrogen) atoms. The van der Waals surface area contributed by atoms with Crippen LogP contribution in [-0.2, 0) is 13.0 Å². The van der Waals surface area contributed by atoms with E-state index in [1.54, 1.807) is 11.8 Å². The van der Waals surface area contributed by atoms with Crippen molar-refractivity contribution in [3.63, 3.8) is 0 Å². The zero-order valence-corrected chi connectivity index (χ0v) is 13.2. The van der Waals surface area contributed by atoms with Crippen molar-refractivity contribution in [3.8, 4) is 22.7 Å². The molecular formula is C18H19N3O2. The Labute approximate surface area is 135 Å². The number of hydrogen-bond acceptors (Lipinski definition) is 4. The van der Waals surface area contributed by atoms with Gasteiger partial charge in [0.1, 0.15) is 17.1 Å². The molecule has 0 fully saturated rings. The summed E-state index contributed by atoms with van der Waals surface area (Å²) < 4.78 is 7.00. The number of aliphatic hydroxyl groups is 1. The van der Waals surface area contributed by atoms with Gasteiger partial charge in [0.2, 0.25) is 0 Å². The lowest BCUT2D eigenvalue weighted by atomic mass is 10.1.